The molecule has 0 radical (unpaired) electrons. The van der Waals surface area contributed by atoms with Gasteiger partial charge in [0, 0.05) is 3.57 Å². The molecule has 0 spiro atoms. The first-order valence-electron chi connectivity index (χ1n) is 3.44. The number of carbonyl (C=O) groups is 1. The fourth-order valence-corrected chi connectivity index (χ4v) is 2.53. The maximum Gasteiger partial charge on any atom is 0.350 e. The van der Waals surface area contributed by atoms with Gasteiger partial charge in [-0.05, 0) is 40.5 Å². The minimum absolute atomic E-state index is 0.189. The number of nitrogens with zero attached hydrogens (tertiary/aromatic N) is 1. The molecule has 0 amide bonds. The van der Waals surface area contributed by atoms with Crippen LogP contribution < -0.4 is 0 Å². The van der Waals surface area contributed by atoms with Gasteiger partial charge in [0.05, 0.1) is 0 Å². The molecule has 0 N–H and O–H groups in total. The minimum Gasteiger partial charge on any atom is -0.446 e. The van der Waals surface area contributed by atoms with Crippen molar-refractivity contribution in [1.29, 1.82) is 5.26 Å². The summed E-state index contributed by atoms with van der Waals surface area (Å²) in [4.78, 5) is 11.8. The maximum atomic E-state index is 11.3. The Morgan fingerprint density at radius 3 is 3.00 bits per heavy atom. The quantitative estimate of drug-likeness (QED) is 0.622. The monoisotopic (exact) mass is 307 g/mol. The van der Waals surface area contributed by atoms with E-state index in [9.17, 15) is 4.79 Å². The highest BCUT2D eigenvalue weighted by Crippen LogP contribution is 2.24. The summed E-state index contributed by atoms with van der Waals surface area (Å²) >= 11 is 3.44. The van der Waals surface area contributed by atoms with Crippen molar-refractivity contribution in [2.45, 2.75) is 6.92 Å². The largest absolute Gasteiger partial charge is 0.446 e. The Bertz CT molecular complexity index is 367. The third kappa shape index (κ3) is 2.42. The minimum atomic E-state index is -0.413. The first-order chi connectivity index (χ1) is 6.16. The van der Waals surface area contributed by atoms with E-state index in [4.69, 9.17) is 5.26 Å². The fourth-order valence-electron chi connectivity index (χ4n) is 0.731. The van der Waals surface area contributed by atoms with Crippen LogP contribution in [0.2, 0.25) is 0 Å². The Morgan fingerprint density at radius 1 is 1.85 bits per heavy atom. The van der Waals surface area contributed by atoms with Gasteiger partial charge in [-0.25, -0.2) is 4.79 Å². The summed E-state index contributed by atoms with van der Waals surface area (Å²) in [5, 5.41) is 10.1. The van der Waals surface area contributed by atoms with Crippen LogP contribution in [0.25, 0.3) is 0 Å². The zero-order valence-corrected chi connectivity index (χ0v) is 9.81. The highest BCUT2D eigenvalue weighted by Gasteiger charge is 2.14. The number of ether oxygens (including phenoxy) is 1. The van der Waals surface area contributed by atoms with Crippen LogP contribution in [0.4, 0.5) is 0 Å². The van der Waals surface area contributed by atoms with Crippen LogP contribution in [0.15, 0.2) is 5.38 Å². The summed E-state index contributed by atoms with van der Waals surface area (Å²) in [7, 11) is 0. The molecule has 5 heteroatoms. The van der Waals surface area contributed by atoms with Gasteiger partial charge in [-0.1, -0.05) is 0 Å². The summed E-state index contributed by atoms with van der Waals surface area (Å²) in [6.45, 7) is 1.74. The Labute approximate surface area is 93.5 Å². The van der Waals surface area contributed by atoms with Gasteiger partial charge in [0.1, 0.15) is 10.9 Å². The fraction of sp³-hybridized carbons (Fsp3) is 0.250. The molecule has 0 aliphatic heterocycles. The van der Waals surface area contributed by atoms with Crippen molar-refractivity contribution < 1.29 is 9.53 Å². The van der Waals surface area contributed by atoms with Crippen LogP contribution in [0, 0.1) is 21.8 Å². The molecule has 0 aliphatic rings. The van der Waals surface area contributed by atoms with Crippen molar-refractivity contribution >= 4 is 39.9 Å². The van der Waals surface area contributed by atoms with E-state index in [0.717, 1.165) is 9.13 Å². The molecular weight excluding hydrogens is 301 g/mol. The van der Waals surface area contributed by atoms with Crippen molar-refractivity contribution in [2.75, 3.05) is 6.61 Å². The van der Waals surface area contributed by atoms with Crippen molar-refractivity contribution in [3.8, 4) is 6.07 Å². The molecule has 1 aromatic rings. The number of carbonyl (C=O) groups excluding carboxylic acids is 1. The summed E-state index contributed by atoms with van der Waals surface area (Å²) in [6.07, 6.45) is 0. The number of aryl methyl sites for hydroxylation is 1. The topological polar surface area (TPSA) is 50.1 Å². The smallest absolute Gasteiger partial charge is 0.350 e. The molecule has 1 heterocycles. The lowest BCUT2D eigenvalue weighted by atomic mass is 10.3. The molecule has 0 aromatic carbocycles. The van der Waals surface area contributed by atoms with Gasteiger partial charge in [-0.2, -0.15) is 5.26 Å². The van der Waals surface area contributed by atoms with Crippen LogP contribution in [-0.2, 0) is 4.74 Å². The van der Waals surface area contributed by atoms with E-state index in [1.54, 1.807) is 6.07 Å². The van der Waals surface area contributed by atoms with Crippen molar-refractivity contribution in [1.82, 2.24) is 0 Å². The number of esters is 1. The van der Waals surface area contributed by atoms with E-state index >= 15 is 0 Å². The number of hydrogen-bond donors (Lipinski definition) is 0. The van der Waals surface area contributed by atoms with Crippen molar-refractivity contribution in [3.63, 3.8) is 0 Å². The SMILES string of the molecule is Cc1csc(C(=O)OCC#N)c1I. The maximum absolute atomic E-state index is 11.3. The number of nitriles is 1. The second-order valence-electron chi connectivity index (χ2n) is 2.30. The van der Waals surface area contributed by atoms with E-state index in [1.165, 1.54) is 11.3 Å². The molecule has 0 fully saturated rings. The molecule has 0 bridgehead atoms. The van der Waals surface area contributed by atoms with E-state index in [1.807, 2.05) is 12.3 Å². The van der Waals surface area contributed by atoms with E-state index in [2.05, 4.69) is 27.3 Å². The van der Waals surface area contributed by atoms with Crippen LogP contribution in [0.1, 0.15) is 15.2 Å². The van der Waals surface area contributed by atoms with Gasteiger partial charge >= 0.3 is 5.97 Å². The molecule has 0 atom stereocenters. The lowest BCUT2D eigenvalue weighted by Gasteiger charge is -1.97. The second-order valence-corrected chi connectivity index (χ2v) is 4.25. The number of thiophene rings is 1. The highest BCUT2D eigenvalue weighted by molar-refractivity contribution is 14.1. The summed E-state index contributed by atoms with van der Waals surface area (Å²) < 4.78 is 5.58. The van der Waals surface area contributed by atoms with Crippen LogP contribution in [-0.4, -0.2) is 12.6 Å². The standard InChI is InChI=1S/C8H6INO2S/c1-5-4-13-7(6(5)9)8(11)12-3-2-10/h4H,3H2,1H3. The number of hydrogen-bond acceptors (Lipinski definition) is 4. The average Bonchev–Trinajstić information content (AvgIpc) is 2.44. The Kier molecular flexibility index (Phi) is 3.69. The lowest BCUT2D eigenvalue weighted by Crippen LogP contribution is -2.04. The average molecular weight is 307 g/mol. The second kappa shape index (κ2) is 4.58. The normalized spacial score (nSPS) is 9.31. The molecule has 0 aliphatic carbocycles. The molecule has 1 rings (SSSR count). The van der Waals surface area contributed by atoms with E-state index < -0.39 is 5.97 Å². The molecule has 3 nitrogen and oxygen atoms in total. The van der Waals surface area contributed by atoms with Crippen LogP contribution >= 0.6 is 33.9 Å². The summed E-state index contributed by atoms with van der Waals surface area (Å²) in [5.74, 6) is -0.413. The molecule has 13 heavy (non-hydrogen) atoms. The lowest BCUT2D eigenvalue weighted by molar-refractivity contribution is 0.0559. The summed E-state index contributed by atoms with van der Waals surface area (Å²) in [5.41, 5.74) is 1.06. The number of rotatable bonds is 2. The first-order valence-corrected chi connectivity index (χ1v) is 5.40. The zero-order chi connectivity index (χ0) is 9.84. The van der Waals surface area contributed by atoms with Gasteiger partial charge < -0.3 is 4.74 Å². The molecule has 68 valence electrons. The first kappa shape index (κ1) is 10.5. The molecule has 0 saturated heterocycles. The molecule has 1 aromatic heterocycles. The molecule has 0 unspecified atom stereocenters. The predicted octanol–water partition coefficient (Wildman–Crippen LogP) is 2.34. The highest BCUT2D eigenvalue weighted by atomic mass is 127. The number of halogens is 1. The van der Waals surface area contributed by atoms with Crippen molar-refractivity contribution in [2.24, 2.45) is 0 Å². The third-order valence-electron chi connectivity index (χ3n) is 1.35. The zero-order valence-electron chi connectivity index (χ0n) is 6.83. The third-order valence-corrected chi connectivity index (χ3v) is 4.19. The van der Waals surface area contributed by atoms with E-state index in [0.29, 0.717) is 4.88 Å². The van der Waals surface area contributed by atoms with Gasteiger partial charge in [0.2, 0.25) is 0 Å². The van der Waals surface area contributed by atoms with Crippen LogP contribution in [0.3, 0.4) is 0 Å². The van der Waals surface area contributed by atoms with Gasteiger partial charge in [-0.15, -0.1) is 11.3 Å². The Morgan fingerprint density at radius 2 is 2.54 bits per heavy atom. The Balaban J connectivity index is 2.78. The van der Waals surface area contributed by atoms with Gasteiger partial charge in [-0.3, -0.25) is 0 Å². The van der Waals surface area contributed by atoms with Crippen molar-refractivity contribution in [3.05, 3.63) is 19.4 Å². The summed E-state index contributed by atoms with van der Waals surface area (Å²) in [6, 6.07) is 1.75. The van der Waals surface area contributed by atoms with Crippen LogP contribution in [0.5, 0.6) is 0 Å². The van der Waals surface area contributed by atoms with Gasteiger partial charge in [0.15, 0.2) is 6.61 Å². The Hall–Kier alpha value is -0.610. The molecule has 0 saturated carbocycles. The predicted molar refractivity (Wildman–Crippen MR) is 57.7 cm³/mol. The molecular formula is C8H6INO2S. The van der Waals surface area contributed by atoms with E-state index in [-0.39, 0.29) is 6.61 Å². The van der Waals surface area contributed by atoms with Gasteiger partial charge in [0.25, 0.3) is 0 Å².